The van der Waals surface area contributed by atoms with Gasteiger partial charge in [-0.25, -0.2) is 4.79 Å². The summed E-state index contributed by atoms with van der Waals surface area (Å²) in [4.78, 5) is 10.9. The summed E-state index contributed by atoms with van der Waals surface area (Å²) in [6, 6.07) is 7.19. The van der Waals surface area contributed by atoms with Gasteiger partial charge >= 0.3 is 6.09 Å². The highest BCUT2D eigenvalue weighted by atomic mass is 35.5. The molecule has 1 aromatic rings. The van der Waals surface area contributed by atoms with Crippen LogP contribution >= 0.6 is 11.6 Å². The van der Waals surface area contributed by atoms with Crippen molar-refractivity contribution in [2.24, 2.45) is 0 Å². The van der Waals surface area contributed by atoms with Gasteiger partial charge in [-0.05, 0) is 24.6 Å². The number of alkyl carbamates (subject to hydrolysis) is 1. The standard InChI is InChI=1S/C10H12ClNO2/c1-7(14-10(13)12-2)8-3-5-9(11)6-4-8/h3-7H,1-2H3,(H,12,13)/t7-/m1/s1. The van der Waals surface area contributed by atoms with Crippen LogP contribution in [-0.2, 0) is 4.74 Å². The fraction of sp³-hybridized carbons (Fsp3) is 0.300. The maximum atomic E-state index is 10.9. The van der Waals surface area contributed by atoms with Crippen molar-refractivity contribution in [2.75, 3.05) is 7.05 Å². The molecule has 0 aliphatic heterocycles. The number of hydrogen-bond donors (Lipinski definition) is 1. The lowest BCUT2D eigenvalue weighted by Crippen LogP contribution is -2.20. The lowest BCUT2D eigenvalue weighted by molar-refractivity contribution is 0.109. The molecule has 4 heteroatoms. The van der Waals surface area contributed by atoms with Gasteiger partial charge in [0.25, 0.3) is 0 Å². The van der Waals surface area contributed by atoms with E-state index in [0.29, 0.717) is 5.02 Å². The second-order valence-corrected chi connectivity index (χ2v) is 3.29. The van der Waals surface area contributed by atoms with E-state index in [0.717, 1.165) is 5.56 Å². The quantitative estimate of drug-likeness (QED) is 0.821. The number of ether oxygens (including phenoxy) is 1. The van der Waals surface area contributed by atoms with Crippen molar-refractivity contribution in [3.63, 3.8) is 0 Å². The van der Waals surface area contributed by atoms with Crippen LogP contribution in [0.15, 0.2) is 24.3 Å². The predicted molar refractivity (Wildman–Crippen MR) is 55.4 cm³/mol. The van der Waals surface area contributed by atoms with Crippen LogP contribution in [0.3, 0.4) is 0 Å². The molecule has 0 aliphatic rings. The minimum atomic E-state index is -0.438. The van der Waals surface area contributed by atoms with E-state index >= 15 is 0 Å². The number of amides is 1. The van der Waals surface area contributed by atoms with Gasteiger partial charge in [0.15, 0.2) is 0 Å². The normalized spacial score (nSPS) is 11.9. The fourth-order valence-corrected chi connectivity index (χ4v) is 1.15. The van der Waals surface area contributed by atoms with E-state index in [-0.39, 0.29) is 6.10 Å². The zero-order valence-electron chi connectivity index (χ0n) is 8.08. The lowest BCUT2D eigenvalue weighted by atomic mass is 10.1. The van der Waals surface area contributed by atoms with E-state index in [2.05, 4.69) is 5.32 Å². The summed E-state index contributed by atoms with van der Waals surface area (Å²) in [5.41, 5.74) is 0.915. The van der Waals surface area contributed by atoms with Crippen molar-refractivity contribution in [1.29, 1.82) is 0 Å². The summed E-state index contributed by atoms with van der Waals surface area (Å²) in [5, 5.41) is 3.06. The molecule has 0 bridgehead atoms. The second kappa shape index (κ2) is 4.86. The van der Waals surface area contributed by atoms with Crippen LogP contribution in [0.25, 0.3) is 0 Å². The van der Waals surface area contributed by atoms with Crippen molar-refractivity contribution < 1.29 is 9.53 Å². The highest BCUT2D eigenvalue weighted by molar-refractivity contribution is 6.30. The maximum Gasteiger partial charge on any atom is 0.407 e. The van der Waals surface area contributed by atoms with Crippen LogP contribution < -0.4 is 5.32 Å². The van der Waals surface area contributed by atoms with E-state index in [1.807, 2.05) is 12.1 Å². The third kappa shape index (κ3) is 2.92. The van der Waals surface area contributed by atoms with Crippen LogP contribution in [0.1, 0.15) is 18.6 Å². The Morgan fingerprint density at radius 3 is 2.50 bits per heavy atom. The van der Waals surface area contributed by atoms with Crippen LogP contribution in [0.2, 0.25) is 5.02 Å². The number of halogens is 1. The second-order valence-electron chi connectivity index (χ2n) is 2.85. The fourth-order valence-electron chi connectivity index (χ4n) is 1.02. The van der Waals surface area contributed by atoms with E-state index in [1.165, 1.54) is 7.05 Å². The Morgan fingerprint density at radius 2 is 2.00 bits per heavy atom. The summed E-state index contributed by atoms with van der Waals surface area (Å²) in [6.45, 7) is 1.80. The summed E-state index contributed by atoms with van der Waals surface area (Å²) >= 11 is 5.73. The van der Waals surface area contributed by atoms with Gasteiger partial charge in [0, 0.05) is 12.1 Å². The van der Waals surface area contributed by atoms with E-state index in [1.54, 1.807) is 19.1 Å². The average molecular weight is 214 g/mol. The highest BCUT2D eigenvalue weighted by Gasteiger charge is 2.09. The van der Waals surface area contributed by atoms with Gasteiger partial charge in [0.2, 0.25) is 0 Å². The van der Waals surface area contributed by atoms with E-state index < -0.39 is 6.09 Å². The number of benzene rings is 1. The molecule has 0 saturated carbocycles. The molecule has 1 rings (SSSR count). The number of carbonyl (C=O) groups excluding carboxylic acids is 1. The molecule has 0 aromatic heterocycles. The molecule has 1 N–H and O–H groups in total. The molecular weight excluding hydrogens is 202 g/mol. The van der Waals surface area contributed by atoms with Crippen molar-refractivity contribution in [3.8, 4) is 0 Å². The highest BCUT2D eigenvalue weighted by Crippen LogP contribution is 2.18. The molecule has 0 spiro atoms. The zero-order valence-corrected chi connectivity index (χ0v) is 8.84. The molecule has 76 valence electrons. The molecule has 0 heterocycles. The zero-order chi connectivity index (χ0) is 10.6. The number of rotatable bonds is 2. The van der Waals surface area contributed by atoms with Gasteiger partial charge < -0.3 is 10.1 Å². The molecule has 0 aliphatic carbocycles. The first kappa shape index (κ1) is 10.9. The molecule has 1 amide bonds. The molecule has 0 radical (unpaired) electrons. The Labute approximate surface area is 88.0 Å². The first-order chi connectivity index (χ1) is 6.63. The van der Waals surface area contributed by atoms with Gasteiger partial charge in [-0.15, -0.1) is 0 Å². The van der Waals surface area contributed by atoms with Gasteiger partial charge in [0.05, 0.1) is 0 Å². The van der Waals surface area contributed by atoms with Crippen molar-refractivity contribution in [1.82, 2.24) is 5.32 Å². The first-order valence-electron chi connectivity index (χ1n) is 4.27. The smallest absolute Gasteiger partial charge is 0.407 e. The molecule has 3 nitrogen and oxygen atoms in total. The number of carbonyl (C=O) groups is 1. The Morgan fingerprint density at radius 1 is 1.43 bits per heavy atom. The molecule has 1 aromatic carbocycles. The van der Waals surface area contributed by atoms with Crippen LogP contribution in [0, 0.1) is 0 Å². The third-order valence-electron chi connectivity index (χ3n) is 1.83. The third-order valence-corrected chi connectivity index (χ3v) is 2.08. The van der Waals surface area contributed by atoms with Gasteiger partial charge in [-0.3, -0.25) is 0 Å². The van der Waals surface area contributed by atoms with Gasteiger partial charge in [0.1, 0.15) is 6.10 Å². The average Bonchev–Trinajstić information content (AvgIpc) is 2.18. The van der Waals surface area contributed by atoms with Crippen molar-refractivity contribution in [2.45, 2.75) is 13.0 Å². The minimum absolute atomic E-state index is 0.271. The molecule has 0 unspecified atom stereocenters. The number of hydrogen-bond acceptors (Lipinski definition) is 2. The van der Waals surface area contributed by atoms with Crippen LogP contribution in [-0.4, -0.2) is 13.1 Å². The Hall–Kier alpha value is -1.22. The topological polar surface area (TPSA) is 38.3 Å². The Kier molecular flexibility index (Phi) is 3.77. The van der Waals surface area contributed by atoms with Crippen molar-refractivity contribution >= 4 is 17.7 Å². The van der Waals surface area contributed by atoms with Gasteiger partial charge in [-0.2, -0.15) is 0 Å². The van der Waals surface area contributed by atoms with Crippen LogP contribution in [0.4, 0.5) is 4.79 Å². The SMILES string of the molecule is CNC(=O)O[C@H](C)c1ccc(Cl)cc1. The van der Waals surface area contributed by atoms with Gasteiger partial charge in [-0.1, -0.05) is 23.7 Å². The van der Waals surface area contributed by atoms with E-state index in [4.69, 9.17) is 16.3 Å². The summed E-state index contributed by atoms with van der Waals surface area (Å²) < 4.78 is 5.03. The summed E-state index contributed by atoms with van der Waals surface area (Å²) in [5.74, 6) is 0. The Bertz CT molecular complexity index is 310. The first-order valence-corrected chi connectivity index (χ1v) is 4.65. The molecular formula is C10H12ClNO2. The predicted octanol–water partition coefficient (Wildman–Crippen LogP) is 2.76. The molecule has 0 saturated heterocycles. The number of nitrogens with one attached hydrogen (secondary N) is 1. The lowest BCUT2D eigenvalue weighted by Gasteiger charge is -2.12. The largest absolute Gasteiger partial charge is 0.442 e. The Balaban J connectivity index is 2.65. The monoisotopic (exact) mass is 213 g/mol. The summed E-state index contributed by atoms with van der Waals surface area (Å²) in [7, 11) is 1.52. The molecule has 14 heavy (non-hydrogen) atoms. The van der Waals surface area contributed by atoms with E-state index in [9.17, 15) is 4.79 Å². The minimum Gasteiger partial charge on any atom is -0.442 e. The molecule has 0 fully saturated rings. The molecule has 1 atom stereocenters. The summed E-state index contributed by atoms with van der Waals surface area (Å²) in [6.07, 6.45) is -0.709. The maximum absolute atomic E-state index is 10.9. The van der Waals surface area contributed by atoms with Crippen molar-refractivity contribution in [3.05, 3.63) is 34.9 Å². The van der Waals surface area contributed by atoms with Crippen LogP contribution in [0.5, 0.6) is 0 Å².